The van der Waals surface area contributed by atoms with Crippen LogP contribution >= 0.6 is 0 Å². The zero-order valence-corrected chi connectivity index (χ0v) is 22.1. The van der Waals surface area contributed by atoms with Crippen LogP contribution in [0.5, 0.6) is 0 Å². The van der Waals surface area contributed by atoms with Crippen molar-refractivity contribution in [3.63, 3.8) is 0 Å². The molecule has 0 spiro atoms. The lowest BCUT2D eigenvalue weighted by Gasteiger charge is -2.24. The molecular weight excluding hydrogens is 482 g/mol. The maximum Gasteiger partial charge on any atom is 0.410 e. The topological polar surface area (TPSA) is 253 Å². The third-order valence-corrected chi connectivity index (χ3v) is 5.47. The van der Waals surface area contributed by atoms with E-state index in [2.05, 4.69) is 10.3 Å². The number of ether oxygens (including phenoxy) is 2. The van der Waals surface area contributed by atoms with E-state index in [9.17, 15) is 14.4 Å². The summed E-state index contributed by atoms with van der Waals surface area (Å²) in [7, 11) is 0. The van der Waals surface area contributed by atoms with Crippen LogP contribution in [0.1, 0.15) is 64.2 Å². The lowest BCUT2D eigenvalue weighted by molar-refractivity contribution is -0.123. The van der Waals surface area contributed by atoms with E-state index in [4.69, 9.17) is 43.9 Å². The third-order valence-electron chi connectivity index (χ3n) is 5.47. The third kappa shape index (κ3) is 21.0. The van der Waals surface area contributed by atoms with Crippen LogP contribution in [-0.4, -0.2) is 87.0 Å². The van der Waals surface area contributed by atoms with Crippen LogP contribution in [-0.2, 0) is 14.3 Å². The Morgan fingerprint density at radius 2 is 1.46 bits per heavy atom. The van der Waals surface area contributed by atoms with Crippen molar-refractivity contribution < 1.29 is 23.9 Å². The summed E-state index contributed by atoms with van der Waals surface area (Å²) in [5, 5.41) is 2.81. The van der Waals surface area contributed by atoms with Crippen molar-refractivity contribution in [2.24, 2.45) is 39.4 Å². The van der Waals surface area contributed by atoms with Crippen molar-refractivity contribution in [1.29, 1.82) is 0 Å². The number of aliphatic imine (C=N–C) groups is 1. The highest BCUT2D eigenvalue weighted by Crippen LogP contribution is 2.07. The molecule has 0 aromatic carbocycles. The van der Waals surface area contributed by atoms with E-state index in [1.807, 2.05) is 0 Å². The first kappa shape index (κ1) is 34.2. The van der Waals surface area contributed by atoms with Gasteiger partial charge < -0.3 is 49.2 Å². The zero-order valence-electron chi connectivity index (χ0n) is 22.1. The first-order valence-electron chi connectivity index (χ1n) is 13.0. The molecule has 37 heavy (non-hydrogen) atoms. The molecule has 1 unspecified atom stereocenters. The van der Waals surface area contributed by atoms with Crippen LogP contribution in [0.3, 0.4) is 0 Å². The van der Waals surface area contributed by atoms with Gasteiger partial charge in [0.2, 0.25) is 5.91 Å². The maximum absolute atomic E-state index is 12.8. The van der Waals surface area contributed by atoms with Crippen LogP contribution in [0, 0.1) is 0 Å². The number of nitrogens with one attached hydrogen (secondary N) is 1. The van der Waals surface area contributed by atoms with Gasteiger partial charge in [-0.15, -0.1) is 0 Å². The summed E-state index contributed by atoms with van der Waals surface area (Å²) < 4.78 is 10.2. The predicted octanol–water partition coefficient (Wildman–Crippen LogP) is -0.576. The van der Waals surface area contributed by atoms with Crippen LogP contribution < -0.4 is 39.7 Å². The van der Waals surface area contributed by atoms with Crippen LogP contribution in [0.15, 0.2) is 4.99 Å². The van der Waals surface area contributed by atoms with Crippen molar-refractivity contribution in [2.45, 2.75) is 76.3 Å². The van der Waals surface area contributed by atoms with Gasteiger partial charge in [0, 0.05) is 19.1 Å². The molecule has 0 rings (SSSR count). The highest BCUT2D eigenvalue weighted by molar-refractivity contribution is 5.82. The van der Waals surface area contributed by atoms with E-state index >= 15 is 0 Å². The number of primary amides is 1. The van der Waals surface area contributed by atoms with Crippen LogP contribution in [0.25, 0.3) is 0 Å². The SMILES string of the molecule is NCCCCCCCN(CC(=O)N[C@@H](CCCCN)COC(N)=O)C(=O)OCC(N)CCCN=C(N)N. The van der Waals surface area contributed by atoms with E-state index in [1.165, 1.54) is 4.90 Å². The fourth-order valence-electron chi connectivity index (χ4n) is 3.49. The second-order valence-corrected chi connectivity index (χ2v) is 8.94. The van der Waals surface area contributed by atoms with Gasteiger partial charge in [-0.3, -0.25) is 14.7 Å². The molecule has 0 aromatic rings. The number of carbonyl (C=O) groups excluding carboxylic acids is 3. The Morgan fingerprint density at radius 1 is 0.811 bits per heavy atom. The van der Waals surface area contributed by atoms with Gasteiger partial charge in [-0.2, -0.15) is 0 Å². The minimum atomic E-state index is -0.924. The quantitative estimate of drug-likeness (QED) is 0.0531. The van der Waals surface area contributed by atoms with Crippen molar-refractivity contribution in [1.82, 2.24) is 10.2 Å². The Bertz CT molecular complexity index is 663. The number of hydrogen-bond acceptors (Lipinski definition) is 9. The summed E-state index contributed by atoms with van der Waals surface area (Å²) in [6, 6.07) is -0.831. The van der Waals surface area contributed by atoms with E-state index in [1.54, 1.807) is 0 Å². The number of guanidine groups is 1. The Morgan fingerprint density at radius 3 is 2.11 bits per heavy atom. The van der Waals surface area contributed by atoms with E-state index in [0.29, 0.717) is 51.9 Å². The number of carbonyl (C=O) groups is 3. The molecule has 216 valence electrons. The second kappa shape index (κ2) is 22.4. The first-order chi connectivity index (χ1) is 17.7. The molecule has 0 saturated heterocycles. The lowest BCUT2D eigenvalue weighted by Crippen LogP contribution is -2.47. The van der Waals surface area contributed by atoms with Crippen molar-refractivity contribution >= 4 is 24.1 Å². The molecular formula is C23H49N9O5. The summed E-state index contributed by atoms with van der Waals surface area (Å²) in [5.74, 6) is -0.382. The van der Waals surface area contributed by atoms with Gasteiger partial charge in [-0.25, -0.2) is 9.59 Å². The van der Waals surface area contributed by atoms with Gasteiger partial charge in [-0.1, -0.05) is 25.7 Å². The Labute approximate surface area is 220 Å². The number of nitrogens with zero attached hydrogens (tertiary/aromatic N) is 2. The lowest BCUT2D eigenvalue weighted by atomic mass is 10.1. The van der Waals surface area contributed by atoms with Gasteiger partial charge in [0.15, 0.2) is 5.96 Å². The van der Waals surface area contributed by atoms with Crippen molar-refractivity contribution in [2.75, 3.05) is 45.9 Å². The molecule has 0 aliphatic heterocycles. The van der Waals surface area contributed by atoms with Gasteiger partial charge in [-0.05, 0) is 51.6 Å². The maximum atomic E-state index is 12.8. The number of hydrogen-bond donors (Lipinski definition) is 7. The van der Waals surface area contributed by atoms with Gasteiger partial charge in [0.1, 0.15) is 19.8 Å². The average Bonchev–Trinajstić information content (AvgIpc) is 2.84. The molecule has 0 aliphatic carbocycles. The number of unbranched alkanes of at least 4 members (excludes halogenated alkanes) is 5. The molecule has 2 atom stereocenters. The van der Waals surface area contributed by atoms with Gasteiger partial charge in [0.05, 0.1) is 6.04 Å². The number of amides is 3. The smallest absolute Gasteiger partial charge is 0.410 e. The Kier molecular flexibility index (Phi) is 20.6. The molecule has 0 aromatic heterocycles. The zero-order chi connectivity index (χ0) is 27.9. The van der Waals surface area contributed by atoms with Crippen LogP contribution in [0.4, 0.5) is 9.59 Å². The van der Waals surface area contributed by atoms with E-state index in [0.717, 1.165) is 38.5 Å². The highest BCUT2D eigenvalue weighted by atomic mass is 16.6. The molecule has 0 bridgehead atoms. The van der Waals surface area contributed by atoms with Gasteiger partial charge in [0.25, 0.3) is 0 Å². The van der Waals surface area contributed by atoms with Gasteiger partial charge >= 0.3 is 12.2 Å². The Balaban J connectivity index is 4.91. The van der Waals surface area contributed by atoms with E-state index in [-0.39, 0.29) is 31.8 Å². The number of nitrogens with two attached hydrogens (primary N) is 6. The molecule has 13 N–H and O–H groups in total. The van der Waals surface area contributed by atoms with E-state index < -0.39 is 24.1 Å². The molecule has 0 radical (unpaired) electrons. The summed E-state index contributed by atoms with van der Waals surface area (Å²) >= 11 is 0. The van der Waals surface area contributed by atoms with Crippen molar-refractivity contribution in [3.8, 4) is 0 Å². The molecule has 3 amide bonds. The minimum Gasteiger partial charge on any atom is -0.448 e. The molecule has 0 saturated carbocycles. The Hall–Kier alpha value is -2.84. The predicted molar refractivity (Wildman–Crippen MR) is 143 cm³/mol. The summed E-state index contributed by atoms with van der Waals surface area (Å²) in [5.41, 5.74) is 32.7. The van der Waals surface area contributed by atoms with Crippen LogP contribution in [0.2, 0.25) is 0 Å². The summed E-state index contributed by atoms with van der Waals surface area (Å²) in [6.45, 7) is 1.69. The summed E-state index contributed by atoms with van der Waals surface area (Å²) in [6.07, 6.45) is 6.27. The fourth-order valence-corrected chi connectivity index (χ4v) is 3.49. The molecule has 14 nitrogen and oxygen atoms in total. The molecule has 0 heterocycles. The highest BCUT2D eigenvalue weighted by Gasteiger charge is 2.21. The largest absolute Gasteiger partial charge is 0.448 e. The fraction of sp³-hybridized carbons (Fsp3) is 0.826. The second-order valence-electron chi connectivity index (χ2n) is 8.94. The normalized spacial score (nSPS) is 12.3. The number of rotatable bonds is 22. The first-order valence-corrected chi connectivity index (χ1v) is 13.0. The minimum absolute atomic E-state index is 0.00341. The monoisotopic (exact) mass is 531 g/mol. The summed E-state index contributed by atoms with van der Waals surface area (Å²) in [4.78, 5) is 41.8. The van der Waals surface area contributed by atoms with Crippen molar-refractivity contribution in [3.05, 3.63) is 0 Å². The molecule has 0 aliphatic rings. The standard InChI is InChI=1S/C23H49N9O5/c24-11-5-2-1-3-7-14-32(23(35)37-16-18(26)9-8-13-30-21(27)28)15-20(33)31-19(10-4-6-12-25)17-36-22(29)34/h18-19H,1-17,24-26H2,(H2,29,34)(H,31,33)(H4,27,28,30)/t18?,19-/m0/s1. The molecule has 0 fully saturated rings. The molecule has 14 heteroatoms. The average molecular weight is 532 g/mol.